The Morgan fingerprint density at radius 1 is 1.30 bits per heavy atom. The number of aromatic nitrogens is 1. The number of piperidine rings is 1. The molecule has 7 heteroatoms. The minimum absolute atomic E-state index is 0.176. The van der Waals surface area contributed by atoms with Crippen molar-refractivity contribution in [3.8, 4) is 11.5 Å². The first-order valence-corrected chi connectivity index (χ1v) is 11.3. The molecule has 1 aliphatic rings. The molecule has 1 aliphatic heterocycles. The molecule has 30 heavy (non-hydrogen) atoms. The molecule has 0 spiro atoms. The van der Waals surface area contributed by atoms with Gasteiger partial charge in [0.15, 0.2) is 11.5 Å². The molecule has 0 aliphatic carbocycles. The highest BCUT2D eigenvalue weighted by molar-refractivity contribution is 9.10. The predicted molar refractivity (Wildman–Crippen MR) is 122 cm³/mol. The van der Waals surface area contributed by atoms with Gasteiger partial charge in [0, 0.05) is 31.4 Å². The minimum atomic E-state index is -0.176. The Labute approximate surface area is 187 Å². The molecular weight excluding hydrogens is 446 g/mol. The Morgan fingerprint density at radius 3 is 2.70 bits per heavy atom. The van der Waals surface area contributed by atoms with Crippen LogP contribution in [-0.2, 0) is 6.54 Å². The number of amides is 1. The molecule has 1 aromatic heterocycles. The maximum atomic E-state index is 12.7. The number of hydrogen-bond acceptors (Lipinski definition) is 5. The number of nitrogens with one attached hydrogen (secondary N) is 1. The molecule has 2 aromatic rings. The van der Waals surface area contributed by atoms with Crippen LogP contribution in [0.25, 0.3) is 0 Å². The number of rotatable bonds is 8. The SMILES string of the molecule is CCCOc1c(Br)cc(C(=O)NCc2ccc(N3CCC(C)CC3)nc2)cc1OC. The molecule has 1 fully saturated rings. The zero-order chi connectivity index (χ0) is 21.5. The highest BCUT2D eigenvalue weighted by Gasteiger charge is 2.17. The first-order chi connectivity index (χ1) is 14.5. The number of ether oxygens (including phenoxy) is 2. The molecule has 1 saturated heterocycles. The molecule has 0 atom stereocenters. The number of anilines is 1. The van der Waals surface area contributed by atoms with E-state index in [1.54, 1.807) is 19.2 Å². The van der Waals surface area contributed by atoms with Gasteiger partial charge in [-0.15, -0.1) is 0 Å². The van der Waals surface area contributed by atoms with Gasteiger partial charge in [0.1, 0.15) is 5.82 Å². The van der Waals surface area contributed by atoms with Gasteiger partial charge in [-0.25, -0.2) is 4.98 Å². The second kappa shape index (κ2) is 10.7. The van der Waals surface area contributed by atoms with Crippen molar-refractivity contribution in [2.75, 3.05) is 31.7 Å². The predicted octanol–water partition coefficient (Wildman–Crippen LogP) is 4.81. The van der Waals surface area contributed by atoms with Gasteiger partial charge in [-0.3, -0.25) is 4.79 Å². The molecule has 6 nitrogen and oxygen atoms in total. The second-order valence-corrected chi connectivity index (χ2v) is 8.57. The second-order valence-electron chi connectivity index (χ2n) is 7.71. The van der Waals surface area contributed by atoms with Crippen LogP contribution in [0.1, 0.15) is 49.0 Å². The van der Waals surface area contributed by atoms with Crippen molar-refractivity contribution in [3.63, 3.8) is 0 Å². The number of benzene rings is 1. The summed E-state index contributed by atoms with van der Waals surface area (Å²) in [6.07, 6.45) is 5.15. The summed E-state index contributed by atoms with van der Waals surface area (Å²) < 4.78 is 11.8. The lowest BCUT2D eigenvalue weighted by molar-refractivity contribution is 0.0950. The third-order valence-corrected chi connectivity index (χ3v) is 5.90. The molecule has 0 bridgehead atoms. The summed E-state index contributed by atoms with van der Waals surface area (Å²) in [5.74, 6) is 2.77. The lowest BCUT2D eigenvalue weighted by Gasteiger charge is -2.31. The zero-order valence-electron chi connectivity index (χ0n) is 17.9. The molecule has 0 saturated carbocycles. The Bertz CT molecular complexity index is 850. The summed E-state index contributed by atoms with van der Waals surface area (Å²) in [6.45, 7) is 7.45. The van der Waals surface area contributed by atoms with Crippen molar-refractivity contribution >= 4 is 27.7 Å². The maximum Gasteiger partial charge on any atom is 0.251 e. The molecular formula is C23H30BrN3O3. The van der Waals surface area contributed by atoms with Gasteiger partial charge >= 0.3 is 0 Å². The molecule has 3 rings (SSSR count). The molecule has 0 radical (unpaired) electrons. The van der Waals surface area contributed by atoms with E-state index in [9.17, 15) is 4.79 Å². The van der Waals surface area contributed by atoms with Crippen molar-refractivity contribution in [1.82, 2.24) is 10.3 Å². The highest BCUT2D eigenvalue weighted by Crippen LogP contribution is 2.36. The van der Waals surface area contributed by atoms with Gasteiger partial charge < -0.3 is 19.7 Å². The van der Waals surface area contributed by atoms with Gasteiger partial charge in [0.25, 0.3) is 5.91 Å². The average Bonchev–Trinajstić information content (AvgIpc) is 2.77. The van der Waals surface area contributed by atoms with Crippen molar-refractivity contribution < 1.29 is 14.3 Å². The number of nitrogens with zero attached hydrogens (tertiary/aromatic N) is 2. The van der Waals surface area contributed by atoms with Crippen molar-refractivity contribution in [1.29, 1.82) is 0 Å². The van der Waals surface area contributed by atoms with Crippen LogP contribution in [0.2, 0.25) is 0 Å². The number of methoxy groups -OCH3 is 1. The molecule has 0 unspecified atom stereocenters. The average molecular weight is 476 g/mol. The summed E-state index contributed by atoms with van der Waals surface area (Å²) in [6, 6.07) is 7.52. The molecule has 162 valence electrons. The zero-order valence-corrected chi connectivity index (χ0v) is 19.5. The fourth-order valence-corrected chi connectivity index (χ4v) is 3.98. The van der Waals surface area contributed by atoms with E-state index in [0.29, 0.717) is 34.7 Å². The van der Waals surface area contributed by atoms with Crippen molar-refractivity contribution in [2.45, 2.75) is 39.7 Å². The number of hydrogen-bond donors (Lipinski definition) is 1. The van der Waals surface area contributed by atoms with E-state index in [4.69, 9.17) is 9.47 Å². The van der Waals surface area contributed by atoms with Crippen LogP contribution >= 0.6 is 15.9 Å². The summed E-state index contributed by atoms with van der Waals surface area (Å²) in [5, 5.41) is 2.95. The van der Waals surface area contributed by atoms with Crippen LogP contribution in [0, 0.1) is 5.92 Å². The standard InChI is InChI=1S/C23H30BrN3O3/c1-4-11-30-22-19(24)12-18(13-20(22)29-3)23(28)26-15-17-5-6-21(25-14-17)27-9-7-16(2)8-10-27/h5-6,12-14,16H,4,7-11,15H2,1-3H3,(H,26,28). The number of carbonyl (C=O) groups is 1. The fourth-order valence-electron chi connectivity index (χ4n) is 3.43. The molecule has 1 aromatic carbocycles. The minimum Gasteiger partial charge on any atom is -0.493 e. The van der Waals surface area contributed by atoms with Crippen LogP contribution in [0.15, 0.2) is 34.9 Å². The first kappa shape index (κ1) is 22.4. The lowest BCUT2D eigenvalue weighted by Crippen LogP contribution is -2.33. The van der Waals surface area contributed by atoms with Gasteiger partial charge in [0.05, 0.1) is 18.2 Å². The van der Waals surface area contributed by atoms with Crippen molar-refractivity contribution in [2.24, 2.45) is 5.92 Å². The normalized spacial score (nSPS) is 14.5. The van der Waals surface area contributed by atoms with E-state index in [0.717, 1.165) is 36.8 Å². The van der Waals surface area contributed by atoms with E-state index >= 15 is 0 Å². The third-order valence-electron chi connectivity index (χ3n) is 5.31. The number of halogens is 1. The molecule has 1 amide bonds. The summed E-state index contributed by atoms with van der Waals surface area (Å²) >= 11 is 3.48. The Kier molecular flexibility index (Phi) is 7.96. The van der Waals surface area contributed by atoms with E-state index in [-0.39, 0.29) is 5.91 Å². The number of carbonyl (C=O) groups excluding carboxylic acids is 1. The van der Waals surface area contributed by atoms with E-state index in [2.05, 4.69) is 38.1 Å². The number of pyridine rings is 1. The third kappa shape index (κ3) is 5.65. The van der Waals surface area contributed by atoms with Crippen molar-refractivity contribution in [3.05, 3.63) is 46.1 Å². The van der Waals surface area contributed by atoms with Crippen LogP contribution in [-0.4, -0.2) is 37.7 Å². The Balaban J connectivity index is 1.60. The topological polar surface area (TPSA) is 63.7 Å². The lowest BCUT2D eigenvalue weighted by atomic mass is 9.99. The van der Waals surface area contributed by atoms with Crippen LogP contribution in [0.3, 0.4) is 0 Å². The monoisotopic (exact) mass is 475 g/mol. The van der Waals surface area contributed by atoms with Crippen LogP contribution in [0.4, 0.5) is 5.82 Å². The fraction of sp³-hybridized carbons (Fsp3) is 0.478. The quantitative estimate of drug-likeness (QED) is 0.593. The van der Waals surface area contributed by atoms with E-state index in [1.807, 2.05) is 25.3 Å². The van der Waals surface area contributed by atoms with Gasteiger partial charge in [-0.05, 0) is 64.9 Å². The van der Waals surface area contributed by atoms with Crippen LogP contribution in [0.5, 0.6) is 11.5 Å². The van der Waals surface area contributed by atoms with Gasteiger partial charge in [-0.1, -0.05) is 19.9 Å². The summed E-state index contributed by atoms with van der Waals surface area (Å²) in [7, 11) is 1.57. The maximum absolute atomic E-state index is 12.7. The largest absolute Gasteiger partial charge is 0.493 e. The van der Waals surface area contributed by atoms with Gasteiger partial charge in [0.2, 0.25) is 0 Å². The Morgan fingerprint density at radius 2 is 2.07 bits per heavy atom. The summed E-state index contributed by atoms with van der Waals surface area (Å²) in [4.78, 5) is 19.6. The van der Waals surface area contributed by atoms with Crippen LogP contribution < -0.4 is 19.7 Å². The van der Waals surface area contributed by atoms with Gasteiger partial charge in [-0.2, -0.15) is 0 Å². The smallest absolute Gasteiger partial charge is 0.251 e. The highest BCUT2D eigenvalue weighted by atomic mass is 79.9. The van der Waals surface area contributed by atoms with E-state index in [1.165, 1.54) is 12.8 Å². The first-order valence-electron chi connectivity index (χ1n) is 10.5. The molecule has 2 heterocycles. The molecule has 1 N–H and O–H groups in total. The summed E-state index contributed by atoms with van der Waals surface area (Å²) in [5.41, 5.74) is 1.47. The van der Waals surface area contributed by atoms with E-state index < -0.39 is 0 Å². The Hall–Kier alpha value is -2.28.